The van der Waals surface area contributed by atoms with E-state index >= 15 is 0 Å². The Bertz CT molecular complexity index is 856. The first kappa shape index (κ1) is 20.4. The van der Waals surface area contributed by atoms with Crippen LogP contribution in [0.25, 0.3) is 0 Å². The Labute approximate surface area is 169 Å². The maximum atomic E-state index is 13.0. The molecule has 1 heterocycles. The van der Waals surface area contributed by atoms with Gasteiger partial charge in [0.15, 0.2) is 5.76 Å². The first-order valence-electron chi connectivity index (χ1n) is 9.49. The SMILES string of the molecule is CNC(=O)c1cc(C(=O)N[C@H]2CC[C@H](O)CC2)c([C@@H](C)c2ccccc2Cl)o1. The number of rotatable bonds is 5. The molecule has 7 heteroatoms. The van der Waals surface area contributed by atoms with Gasteiger partial charge in [0.2, 0.25) is 0 Å². The van der Waals surface area contributed by atoms with E-state index in [0.717, 1.165) is 18.4 Å². The number of furan rings is 1. The third-order valence-corrected chi connectivity index (χ3v) is 5.60. The molecule has 0 spiro atoms. The van der Waals surface area contributed by atoms with Gasteiger partial charge in [0.1, 0.15) is 5.76 Å². The molecule has 28 heavy (non-hydrogen) atoms. The molecule has 1 saturated carbocycles. The van der Waals surface area contributed by atoms with Gasteiger partial charge in [-0.15, -0.1) is 0 Å². The standard InChI is InChI=1S/C21H25ClN2O4/c1-12(15-5-3-4-6-17(15)22)19-16(11-18(28-19)21(27)23-2)20(26)24-13-7-9-14(25)10-8-13/h3-6,11-14,25H,7-10H2,1-2H3,(H,23,27)(H,24,26)/t12-,13-,14-/m0/s1. The molecule has 0 bridgehead atoms. The molecule has 150 valence electrons. The van der Waals surface area contributed by atoms with Crippen molar-refractivity contribution in [3.63, 3.8) is 0 Å². The van der Waals surface area contributed by atoms with Crippen LogP contribution in [0.2, 0.25) is 5.02 Å². The van der Waals surface area contributed by atoms with Crippen molar-refractivity contribution in [2.45, 2.75) is 50.7 Å². The van der Waals surface area contributed by atoms with Gasteiger partial charge in [0.25, 0.3) is 11.8 Å². The van der Waals surface area contributed by atoms with E-state index in [1.54, 1.807) is 6.07 Å². The normalized spacial score (nSPS) is 20.4. The minimum Gasteiger partial charge on any atom is -0.454 e. The van der Waals surface area contributed by atoms with E-state index in [4.69, 9.17) is 16.0 Å². The summed E-state index contributed by atoms with van der Waals surface area (Å²) < 4.78 is 5.79. The Morgan fingerprint density at radius 1 is 1.18 bits per heavy atom. The molecule has 3 N–H and O–H groups in total. The van der Waals surface area contributed by atoms with Crippen molar-refractivity contribution < 1.29 is 19.1 Å². The summed E-state index contributed by atoms with van der Waals surface area (Å²) >= 11 is 6.32. The number of halogens is 1. The fraction of sp³-hybridized carbons (Fsp3) is 0.429. The van der Waals surface area contributed by atoms with Crippen LogP contribution in [0.15, 0.2) is 34.7 Å². The van der Waals surface area contributed by atoms with Crippen molar-refractivity contribution in [3.05, 3.63) is 58.0 Å². The molecule has 1 atom stereocenters. The van der Waals surface area contributed by atoms with E-state index in [-0.39, 0.29) is 29.7 Å². The van der Waals surface area contributed by atoms with Crippen molar-refractivity contribution in [1.29, 1.82) is 0 Å². The minimum atomic E-state index is -0.396. The largest absolute Gasteiger partial charge is 0.454 e. The lowest BCUT2D eigenvalue weighted by molar-refractivity contribution is 0.0864. The monoisotopic (exact) mass is 404 g/mol. The van der Waals surface area contributed by atoms with E-state index in [9.17, 15) is 14.7 Å². The third kappa shape index (κ3) is 4.39. The smallest absolute Gasteiger partial charge is 0.286 e. The molecule has 1 fully saturated rings. The second-order valence-corrected chi connectivity index (χ2v) is 7.60. The van der Waals surface area contributed by atoms with Crippen molar-refractivity contribution >= 4 is 23.4 Å². The highest BCUT2D eigenvalue weighted by atomic mass is 35.5. The average molecular weight is 405 g/mol. The molecule has 0 saturated heterocycles. The first-order chi connectivity index (χ1) is 13.4. The van der Waals surface area contributed by atoms with Gasteiger partial charge in [-0.25, -0.2) is 0 Å². The van der Waals surface area contributed by atoms with E-state index < -0.39 is 5.91 Å². The second-order valence-electron chi connectivity index (χ2n) is 7.19. The number of carbonyl (C=O) groups is 2. The fourth-order valence-corrected chi connectivity index (χ4v) is 3.89. The van der Waals surface area contributed by atoms with Crippen LogP contribution in [0.1, 0.15) is 70.8 Å². The molecule has 1 aromatic heterocycles. The molecule has 0 unspecified atom stereocenters. The van der Waals surface area contributed by atoms with Crippen LogP contribution < -0.4 is 10.6 Å². The molecular weight excluding hydrogens is 380 g/mol. The van der Waals surface area contributed by atoms with Gasteiger partial charge in [-0.1, -0.05) is 36.7 Å². The summed E-state index contributed by atoms with van der Waals surface area (Å²) in [7, 11) is 1.51. The quantitative estimate of drug-likeness (QED) is 0.711. The van der Waals surface area contributed by atoms with Gasteiger partial charge in [0.05, 0.1) is 11.7 Å². The molecule has 2 amide bonds. The molecule has 0 radical (unpaired) electrons. The summed E-state index contributed by atoms with van der Waals surface area (Å²) in [5.74, 6) is -0.497. The Kier molecular flexibility index (Phi) is 6.42. The number of benzene rings is 1. The fourth-order valence-electron chi connectivity index (χ4n) is 3.59. The maximum absolute atomic E-state index is 13.0. The van der Waals surface area contributed by atoms with Crippen molar-refractivity contribution in [1.82, 2.24) is 10.6 Å². The maximum Gasteiger partial charge on any atom is 0.286 e. The second kappa shape index (κ2) is 8.80. The highest BCUT2D eigenvalue weighted by Crippen LogP contribution is 2.33. The van der Waals surface area contributed by atoms with Gasteiger partial charge in [0, 0.05) is 30.1 Å². The zero-order valence-electron chi connectivity index (χ0n) is 16.0. The number of hydrogen-bond donors (Lipinski definition) is 3. The van der Waals surface area contributed by atoms with Crippen LogP contribution >= 0.6 is 11.6 Å². The third-order valence-electron chi connectivity index (χ3n) is 5.25. The minimum absolute atomic E-state index is 0.00211. The van der Waals surface area contributed by atoms with Gasteiger partial charge < -0.3 is 20.2 Å². The van der Waals surface area contributed by atoms with Gasteiger partial charge >= 0.3 is 0 Å². The Morgan fingerprint density at radius 2 is 1.86 bits per heavy atom. The number of hydrogen-bond acceptors (Lipinski definition) is 4. The number of amides is 2. The number of nitrogens with one attached hydrogen (secondary N) is 2. The summed E-state index contributed by atoms with van der Waals surface area (Å²) in [6, 6.07) is 8.84. The van der Waals surface area contributed by atoms with Gasteiger partial charge in [-0.05, 0) is 37.3 Å². The molecular formula is C21H25ClN2O4. The van der Waals surface area contributed by atoms with Crippen LogP contribution in [0, 0.1) is 0 Å². The zero-order chi connectivity index (χ0) is 20.3. The van der Waals surface area contributed by atoms with E-state index in [1.807, 2.05) is 25.1 Å². The van der Waals surface area contributed by atoms with Crippen LogP contribution in [0.4, 0.5) is 0 Å². The number of aliphatic hydroxyl groups excluding tert-OH is 1. The summed E-state index contributed by atoms with van der Waals surface area (Å²) in [6.45, 7) is 1.89. The van der Waals surface area contributed by atoms with E-state index in [1.165, 1.54) is 13.1 Å². The highest BCUT2D eigenvalue weighted by molar-refractivity contribution is 6.31. The van der Waals surface area contributed by atoms with Crippen LogP contribution in [0.3, 0.4) is 0 Å². The predicted molar refractivity (Wildman–Crippen MR) is 107 cm³/mol. The lowest BCUT2D eigenvalue weighted by atomic mass is 9.92. The molecule has 1 aromatic carbocycles. The topological polar surface area (TPSA) is 91.6 Å². The van der Waals surface area contributed by atoms with Gasteiger partial charge in [-0.3, -0.25) is 9.59 Å². The average Bonchev–Trinajstić information content (AvgIpc) is 3.14. The van der Waals surface area contributed by atoms with Gasteiger partial charge in [-0.2, -0.15) is 0 Å². The van der Waals surface area contributed by atoms with E-state index in [0.29, 0.717) is 29.2 Å². The summed E-state index contributed by atoms with van der Waals surface area (Å²) in [5.41, 5.74) is 1.15. The Hall–Kier alpha value is -2.31. The summed E-state index contributed by atoms with van der Waals surface area (Å²) in [5, 5.41) is 15.8. The van der Waals surface area contributed by atoms with E-state index in [2.05, 4.69) is 10.6 Å². The van der Waals surface area contributed by atoms with Crippen LogP contribution in [-0.4, -0.2) is 36.1 Å². The van der Waals surface area contributed by atoms with Crippen molar-refractivity contribution in [3.8, 4) is 0 Å². The first-order valence-corrected chi connectivity index (χ1v) is 9.87. The molecule has 2 aromatic rings. The summed E-state index contributed by atoms with van der Waals surface area (Å²) in [6.07, 6.45) is 2.49. The summed E-state index contributed by atoms with van der Waals surface area (Å²) in [4.78, 5) is 25.0. The van der Waals surface area contributed by atoms with Crippen LogP contribution in [-0.2, 0) is 0 Å². The zero-order valence-corrected chi connectivity index (χ0v) is 16.8. The Morgan fingerprint density at radius 3 is 2.50 bits per heavy atom. The molecule has 6 nitrogen and oxygen atoms in total. The molecule has 3 rings (SSSR count). The Balaban J connectivity index is 1.90. The van der Waals surface area contributed by atoms with Crippen molar-refractivity contribution in [2.24, 2.45) is 0 Å². The lowest BCUT2D eigenvalue weighted by Crippen LogP contribution is -2.38. The van der Waals surface area contributed by atoms with Crippen LogP contribution in [0.5, 0.6) is 0 Å². The number of carbonyl (C=O) groups excluding carboxylic acids is 2. The molecule has 1 aliphatic rings. The van der Waals surface area contributed by atoms with Crippen molar-refractivity contribution in [2.75, 3.05) is 7.05 Å². The molecule has 0 aliphatic heterocycles. The molecule has 1 aliphatic carbocycles. The highest BCUT2D eigenvalue weighted by Gasteiger charge is 2.28. The number of aliphatic hydroxyl groups is 1. The lowest BCUT2D eigenvalue weighted by Gasteiger charge is -2.26. The predicted octanol–water partition coefficient (Wildman–Crippen LogP) is 3.48.